The number of allylic oxidation sites excluding steroid dienone is 24. The summed E-state index contributed by atoms with van der Waals surface area (Å²) in [6.45, 7) is 6.45. The van der Waals surface area contributed by atoms with Crippen LogP contribution in [0.25, 0.3) is 0 Å². The van der Waals surface area contributed by atoms with Gasteiger partial charge >= 0.3 is 17.9 Å². The van der Waals surface area contributed by atoms with E-state index in [1.54, 1.807) is 0 Å². The summed E-state index contributed by atoms with van der Waals surface area (Å²) in [5.41, 5.74) is 0. The minimum absolute atomic E-state index is 0.106. The molecular weight excluding hydrogens is 973 g/mol. The van der Waals surface area contributed by atoms with Gasteiger partial charge in [-0.05, 0) is 148 Å². The number of rotatable bonds is 57. The zero-order chi connectivity index (χ0) is 57.1. The fourth-order valence-electron chi connectivity index (χ4n) is 8.46. The molecule has 0 saturated heterocycles. The molecule has 0 radical (unpaired) electrons. The highest BCUT2D eigenvalue weighted by Crippen LogP contribution is 2.14. The first-order chi connectivity index (χ1) is 39.0. The quantitative estimate of drug-likeness (QED) is 0.0261. The summed E-state index contributed by atoms with van der Waals surface area (Å²) in [6.07, 6.45) is 94.2. The Morgan fingerprint density at radius 3 is 0.823 bits per heavy atom. The van der Waals surface area contributed by atoms with Crippen LogP contribution in [-0.2, 0) is 28.6 Å². The molecule has 6 heteroatoms. The number of hydrogen-bond donors (Lipinski definition) is 0. The lowest BCUT2D eigenvalue weighted by molar-refractivity contribution is -0.167. The maximum Gasteiger partial charge on any atom is 0.306 e. The van der Waals surface area contributed by atoms with Crippen LogP contribution in [0.1, 0.15) is 278 Å². The molecule has 0 aromatic carbocycles. The maximum absolute atomic E-state index is 12.9. The van der Waals surface area contributed by atoms with Crippen molar-refractivity contribution in [3.05, 3.63) is 146 Å². The Kier molecular flexibility index (Phi) is 61.9. The van der Waals surface area contributed by atoms with Crippen LogP contribution in [0.5, 0.6) is 0 Å². The summed E-state index contributed by atoms with van der Waals surface area (Å²) in [4.78, 5) is 38.3. The fourth-order valence-corrected chi connectivity index (χ4v) is 8.46. The van der Waals surface area contributed by atoms with E-state index in [0.717, 1.165) is 141 Å². The highest BCUT2D eigenvalue weighted by atomic mass is 16.6. The maximum atomic E-state index is 12.9. The lowest BCUT2D eigenvalue weighted by Gasteiger charge is -2.18. The first-order valence-electron chi connectivity index (χ1n) is 32.3. The molecule has 0 bridgehead atoms. The molecule has 446 valence electrons. The summed E-state index contributed by atoms with van der Waals surface area (Å²) in [6, 6.07) is 0. The van der Waals surface area contributed by atoms with Gasteiger partial charge in [-0.3, -0.25) is 14.4 Å². The predicted molar refractivity (Wildman–Crippen MR) is 343 cm³/mol. The Morgan fingerprint density at radius 1 is 0.266 bits per heavy atom. The Balaban J connectivity index is 4.48. The van der Waals surface area contributed by atoms with Crippen molar-refractivity contribution in [2.45, 2.75) is 284 Å². The molecule has 0 fully saturated rings. The van der Waals surface area contributed by atoms with Crippen LogP contribution >= 0.6 is 0 Å². The molecule has 0 spiro atoms. The monoisotopic (exact) mass is 1090 g/mol. The van der Waals surface area contributed by atoms with Crippen LogP contribution < -0.4 is 0 Å². The molecule has 0 rings (SSSR count). The molecule has 0 aliphatic carbocycles. The zero-order valence-electron chi connectivity index (χ0n) is 51.1. The summed E-state index contributed by atoms with van der Waals surface area (Å²) >= 11 is 0. The van der Waals surface area contributed by atoms with Crippen molar-refractivity contribution < 1.29 is 28.6 Å². The van der Waals surface area contributed by atoms with E-state index in [-0.39, 0.29) is 31.1 Å². The third-order valence-corrected chi connectivity index (χ3v) is 13.3. The van der Waals surface area contributed by atoms with Gasteiger partial charge in [-0.15, -0.1) is 0 Å². The van der Waals surface area contributed by atoms with Gasteiger partial charge in [-0.2, -0.15) is 0 Å². The molecule has 6 nitrogen and oxygen atoms in total. The largest absolute Gasteiger partial charge is 0.462 e. The van der Waals surface area contributed by atoms with E-state index in [0.29, 0.717) is 25.7 Å². The standard InChI is InChI=1S/C73H118O6/c1-4-7-10-13-16-19-22-25-27-29-31-33-34-35-36-37-38-40-41-43-45-48-51-54-57-60-63-66-72(75)78-69-70(68-77-71(74)65-62-59-56-53-50-47-24-21-18-15-12-9-6-3)79-73(76)67-64-61-58-55-52-49-46-44-42-39-32-30-28-26-23-20-17-14-11-8-5-2/h7,10,16,19,21,23-27,30-33,35-36,38,40,42-45,51,54,70H,4-6,8-9,11-15,17-18,20,22,28-29,34,37,39,41,46-50,52-53,55-69H2,1-3H3/b10-7-,19-16-,24-21-,26-23-,27-25-,32-30-,33-31-,36-35-,40-38-,44-42-,45-43-,54-51-. The third-order valence-electron chi connectivity index (χ3n) is 13.3. The molecule has 0 heterocycles. The van der Waals surface area contributed by atoms with Crippen molar-refractivity contribution in [1.82, 2.24) is 0 Å². The van der Waals surface area contributed by atoms with Gasteiger partial charge < -0.3 is 14.2 Å². The van der Waals surface area contributed by atoms with E-state index < -0.39 is 6.10 Å². The van der Waals surface area contributed by atoms with Gasteiger partial charge in [0.25, 0.3) is 0 Å². The van der Waals surface area contributed by atoms with Gasteiger partial charge in [-0.1, -0.05) is 256 Å². The Hall–Kier alpha value is -4.71. The third kappa shape index (κ3) is 64.0. The molecule has 0 N–H and O–H groups in total. The molecule has 0 aromatic rings. The average molecular weight is 1090 g/mol. The van der Waals surface area contributed by atoms with Crippen molar-refractivity contribution in [2.24, 2.45) is 0 Å². The van der Waals surface area contributed by atoms with Crippen molar-refractivity contribution in [3.8, 4) is 0 Å². The molecule has 0 aliphatic rings. The number of esters is 3. The van der Waals surface area contributed by atoms with E-state index in [1.807, 2.05) is 0 Å². The first-order valence-corrected chi connectivity index (χ1v) is 32.3. The number of carbonyl (C=O) groups excluding carboxylic acids is 3. The number of hydrogen-bond acceptors (Lipinski definition) is 6. The lowest BCUT2D eigenvalue weighted by Crippen LogP contribution is -2.30. The molecule has 0 saturated carbocycles. The molecule has 1 unspecified atom stereocenters. The Bertz CT molecular complexity index is 1730. The van der Waals surface area contributed by atoms with E-state index in [2.05, 4.69) is 167 Å². The van der Waals surface area contributed by atoms with Crippen molar-refractivity contribution in [3.63, 3.8) is 0 Å². The van der Waals surface area contributed by atoms with Crippen LogP contribution in [0.2, 0.25) is 0 Å². The topological polar surface area (TPSA) is 78.9 Å². The van der Waals surface area contributed by atoms with Gasteiger partial charge in [0.2, 0.25) is 0 Å². The SMILES string of the molecule is CC/C=C\C/C=C\C/C=C\C/C=C\C/C=C\C/C=C\C/C=C\C/C=C\CCCCC(=O)OCC(COC(=O)CCCCCCC/C=C\CCCCCC)OC(=O)CCCCCCCC/C=C\C/C=C\C/C=C\CCCCCCC. The normalized spacial score (nSPS) is 13.1. The molecule has 0 aliphatic heterocycles. The van der Waals surface area contributed by atoms with Crippen LogP contribution in [0.4, 0.5) is 0 Å². The smallest absolute Gasteiger partial charge is 0.306 e. The van der Waals surface area contributed by atoms with Crippen LogP contribution in [0.15, 0.2) is 146 Å². The predicted octanol–water partition coefficient (Wildman–Crippen LogP) is 22.3. The summed E-state index contributed by atoms with van der Waals surface area (Å²) < 4.78 is 16.9. The van der Waals surface area contributed by atoms with Gasteiger partial charge in [0.05, 0.1) is 0 Å². The number of unbranched alkanes of at least 4 members (excludes halogenated alkanes) is 22. The van der Waals surface area contributed by atoms with Crippen molar-refractivity contribution >= 4 is 17.9 Å². The molecule has 0 amide bonds. The van der Waals surface area contributed by atoms with Crippen molar-refractivity contribution in [1.29, 1.82) is 0 Å². The second-order valence-electron chi connectivity index (χ2n) is 20.9. The summed E-state index contributed by atoms with van der Waals surface area (Å²) in [5, 5.41) is 0. The number of carbonyl (C=O) groups is 3. The van der Waals surface area contributed by atoms with Crippen LogP contribution in [-0.4, -0.2) is 37.2 Å². The van der Waals surface area contributed by atoms with Crippen LogP contribution in [0, 0.1) is 0 Å². The Labute approximate surface area is 487 Å². The van der Waals surface area contributed by atoms with E-state index >= 15 is 0 Å². The lowest BCUT2D eigenvalue weighted by atomic mass is 10.1. The number of ether oxygens (including phenoxy) is 3. The van der Waals surface area contributed by atoms with Gasteiger partial charge in [0.1, 0.15) is 13.2 Å². The minimum atomic E-state index is -0.814. The highest BCUT2D eigenvalue weighted by molar-refractivity contribution is 5.71. The highest BCUT2D eigenvalue weighted by Gasteiger charge is 2.19. The second-order valence-corrected chi connectivity index (χ2v) is 20.9. The van der Waals surface area contributed by atoms with Crippen LogP contribution in [0.3, 0.4) is 0 Å². The molecule has 79 heavy (non-hydrogen) atoms. The van der Waals surface area contributed by atoms with Gasteiger partial charge in [0, 0.05) is 19.3 Å². The van der Waals surface area contributed by atoms with Gasteiger partial charge in [-0.25, -0.2) is 0 Å². The van der Waals surface area contributed by atoms with E-state index in [1.165, 1.54) is 89.9 Å². The molecule has 1 atom stereocenters. The van der Waals surface area contributed by atoms with E-state index in [9.17, 15) is 14.4 Å². The summed E-state index contributed by atoms with van der Waals surface area (Å²) in [7, 11) is 0. The molecule has 0 aromatic heterocycles. The second kappa shape index (κ2) is 65.8. The van der Waals surface area contributed by atoms with Gasteiger partial charge in [0.15, 0.2) is 6.10 Å². The minimum Gasteiger partial charge on any atom is -0.462 e. The molecular formula is C73H118O6. The van der Waals surface area contributed by atoms with E-state index in [4.69, 9.17) is 14.2 Å². The zero-order valence-corrected chi connectivity index (χ0v) is 51.1. The first kappa shape index (κ1) is 74.3. The Morgan fingerprint density at radius 2 is 0.494 bits per heavy atom. The average Bonchev–Trinajstić information content (AvgIpc) is 3.45. The van der Waals surface area contributed by atoms with Crippen molar-refractivity contribution in [2.75, 3.05) is 13.2 Å². The summed E-state index contributed by atoms with van der Waals surface area (Å²) in [5.74, 6) is -0.974. The fraction of sp³-hybridized carbons (Fsp3) is 0.630.